The summed E-state index contributed by atoms with van der Waals surface area (Å²) in [5.41, 5.74) is 0.661. The van der Waals surface area contributed by atoms with Crippen molar-refractivity contribution in [2.24, 2.45) is 11.8 Å². The summed E-state index contributed by atoms with van der Waals surface area (Å²) in [4.78, 5) is 0. The van der Waals surface area contributed by atoms with Crippen molar-refractivity contribution in [3.63, 3.8) is 0 Å². The van der Waals surface area contributed by atoms with Gasteiger partial charge in [0.05, 0.1) is 0 Å². The molecule has 1 nitrogen and oxygen atoms in total. The van der Waals surface area contributed by atoms with Crippen LogP contribution >= 0.6 is 11.6 Å². The fourth-order valence-corrected chi connectivity index (χ4v) is 3.98. The molecule has 0 bridgehead atoms. The molecular weight excluding hydrogens is 285 g/mol. The Morgan fingerprint density at radius 2 is 2.00 bits per heavy atom. The fourth-order valence-electron chi connectivity index (χ4n) is 3.74. The second-order valence-corrected chi connectivity index (χ2v) is 6.78. The summed E-state index contributed by atoms with van der Waals surface area (Å²) in [5.74, 6) is 1.36. The molecule has 0 aromatic heterocycles. The SMILES string of the molecule is CCCC1CCC(C(Cc2c(F)cccc2Cl)NC)CC1. The van der Waals surface area contributed by atoms with E-state index in [2.05, 4.69) is 12.2 Å². The van der Waals surface area contributed by atoms with E-state index in [1.54, 1.807) is 12.1 Å². The van der Waals surface area contributed by atoms with Gasteiger partial charge in [-0.3, -0.25) is 0 Å². The van der Waals surface area contributed by atoms with Crippen LogP contribution in [0, 0.1) is 17.7 Å². The quantitative estimate of drug-likeness (QED) is 0.760. The molecular formula is C18H27ClFN. The molecule has 0 heterocycles. The maximum absolute atomic E-state index is 14.0. The van der Waals surface area contributed by atoms with Gasteiger partial charge in [0.1, 0.15) is 5.82 Å². The first-order valence-corrected chi connectivity index (χ1v) is 8.63. The molecule has 1 fully saturated rings. The standard InChI is InChI=1S/C18H27ClFN/c1-3-5-13-8-10-14(11-9-13)18(21-2)12-15-16(19)6-4-7-17(15)20/h4,6-7,13-14,18,21H,3,5,8-12H2,1-2H3. The van der Waals surface area contributed by atoms with E-state index < -0.39 is 0 Å². The lowest BCUT2D eigenvalue weighted by Crippen LogP contribution is -2.38. The molecule has 0 amide bonds. The molecule has 1 atom stereocenters. The Morgan fingerprint density at radius 1 is 1.29 bits per heavy atom. The average Bonchev–Trinajstić information content (AvgIpc) is 2.49. The number of likely N-dealkylation sites (N-methyl/N-ethyl adjacent to an activating group) is 1. The zero-order valence-corrected chi connectivity index (χ0v) is 13.9. The molecule has 0 radical (unpaired) electrons. The van der Waals surface area contributed by atoms with Crippen LogP contribution in [0.25, 0.3) is 0 Å². The molecule has 118 valence electrons. The molecule has 1 N–H and O–H groups in total. The fraction of sp³-hybridized carbons (Fsp3) is 0.667. The van der Waals surface area contributed by atoms with Crippen LogP contribution in [0.3, 0.4) is 0 Å². The predicted molar refractivity (Wildman–Crippen MR) is 88.3 cm³/mol. The van der Waals surface area contributed by atoms with Crippen molar-refractivity contribution < 1.29 is 4.39 Å². The first-order chi connectivity index (χ1) is 10.2. The zero-order valence-electron chi connectivity index (χ0n) is 13.2. The van der Waals surface area contributed by atoms with Crippen molar-refractivity contribution in [1.29, 1.82) is 0 Å². The Balaban J connectivity index is 1.98. The van der Waals surface area contributed by atoms with Crippen LogP contribution in [-0.4, -0.2) is 13.1 Å². The van der Waals surface area contributed by atoms with Gasteiger partial charge in [-0.1, -0.05) is 50.3 Å². The van der Waals surface area contributed by atoms with E-state index in [-0.39, 0.29) is 5.82 Å². The minimum absolute atomic E-state index is 0.178. The van der Waals surface area contributed by atoms with Gasteiger partial charge in [-0.15, -0.1) is 0 Å². The molecule has 1 aromatic rings. The lowest BCUT2D eigenvalue weighted by molar-refractivity contribution is 0.217. The maximum atomic E-state index is 14.0. The van der Waals surface area contributed by atoms with Gasteiger partial charge in [0.25, 0.3) is 0 Å². The van der Waals surface area contributed by atoms with Crippen molar-refractivity contribution in [2.75, 3.05) is 7.05 Å². The largest absolute Gasteiger partial charge is 0.316 e. The number of hydrogen-bond donors (Lipinski definition) is 1. The van der Waals surface area contributed by atoms with Crippen molar-refractivity contribution in [3.8, 4) is 0 Å². The van der Waals surface area contributed by atoms with Gasteiger partial charge in [0, 0.05) is 16.6 Å². The third-order valence-corrected chi connectivity index (χ3v) is 5.37. The van der Waals surface area contributed by atoms with Crippen LogP contribution in [0.5, 0.6) is 0 Å². The lowest BCUT2D eigenvalue weighted by atomic mass is 9.76. The zero-order chi connectivity index (χ0) is 15.2. The second kappa shape index (κ2) is 8.14. The average molecular weight is 312 g/mol. The smallest absolute Gasteiger partial charge is 0.127 e. The minimum atomic E-state index is -0.178. The molecule has 2 rings (SSSR count). The van der Waals surface area contributed by atoms with Crippen LogP contribution in [0.15, 0.2) is 18.2 Å². The number of hydrogen-bond acceptors (Lipinski definition) is 1. The Labute approximate surface area is 133 Å². The molecule has 1 aliphatic carbocycles. The van der Waals surface area contributed by atoms with E-state index >= 15 is 0 Å². The summed E-state index contributed by atoms with van der Waals surface area (Å²) in [7, 11) is 1.98. The molecule has 3 heteroatoms. The van der Waals surface area contributed by atoms with Gasteiger partial charge in [0.15, 0.2) is 0 Å². The van der Waals surface area contributed by atoms with Crippen LogP contribution in [0.2, 0.25) is 5.02 Å². The first-order valence-electron chi connectivity index (χ1n) is 8.25. The number of benzene rings is 1. The van der Waals surface area contributed by atoms with Gasteiger partial charge in [-0.25, -0.2) is 4.39 Å². The Bertz CT molecular complexity index is 421. The van der Waals surface area contributed by atoms with Crippen molar-refractivity contribution in [3.05, 3.63) is 34.6 Å². The number of halogens is 2. The summed E-state index contributed by atoms with van der Waals surface area (Å²) >= 11 is 6.17. The second-order valence-electron chi connectivity index (χ2n) is 6.37. The van der Waals surface area contributed by atoms with E-state index in [1.807, 2.05) is 7.05 Å². The van der Waals surface area contributed by atoms with E-state index in [4.69, 9.17) is 11.6 Å². The van der Waals surface area contributed by atoms with Crippen molar-refractivity contribution in [1.82, 2.24) is 5.32 Å². The highest BCUT2D eigenvalue weighted by molar-refractivity contribution is 6.31. The normalized spacial score (nSPS) is 24.0. The summed E-state index contributed by atoms with van der Waals surface area (Å²) in [5, 5.41) is 3.95. The molecule has 1 saturated carbocycles. The molecule has 1 unspecified atom stereocenters. The van der Waals surface area contributed by atoms with Gasteiger partial charge >= 0.3 is 0 Å². The summed E-state index contributed by atoms with van der Waals surface area (Å²) in [6.07, 6.45) is 8.48. The highest BCUT2D eigenvalue weighted by atomic mass is 35.5. The van der Waals surface area contributed by atoms with Crippen LogP contribution in [0.1, 0.15) is 51.0 Å². The van der Waals surface area contributed by atoms with Gasteiger partial charge in [-0.2, -0.15) is 0 Å². The molecule has 0 saturated heterocycles. The molecule has 0 spiro atoms. The topological polar surface area (TPSA) is 12.0 Å². The molecule has 21 heavy (non-hydrogen) atoms. The first kappa shape index (κ1) is 16.8. The predicted octanol–water partition coefficient (Wildman–Crippen LogP) is 5.22. The third kappa shape index (κ3) is 4.43. The van der Waals surface area contributed by atoms with E-state index in [0.29, 0.717) is 29.0 Å². The Morgan fingerprint density at radius 3 is 2.57 bits per heavy atom. The number of nitrogens with one attached hydrogen (secondary N) is 1. The van der Waals surface area contributed by atoms with Gasteiger partial charge < -0.3 is 5.32 Å². The highest BCUT2D eigenvalue weighted by Crippen LogP contribution is 2.34. The number of rotatable bonds is 6. The van der Waals surface area contributed by atoms with E-state index in [1.165, 1.54) is 44.6 Å². The van der Waals surface area contributed by atoms with Crippen LogP contribution in [0.4, 0.5) is 4.39 Å². The van der Waals surface area contributed by atoms with Crippen LogP contribution < -0.4 is 5.32 Å². The maximum Gasteiger partial charge on any atom is 0.127 e. The summed E-state index contributed by atoms with van der Waals surface area (Å²) < 4.78 is 14.0. The molecule has 0 aliphatic heterocycles. The minimum Gasteiger partial charge on any atom is -0.316 e. The van der Waals surface area contributed by atoms with E-state index in [0.717, 1.165) is 5.92 Å². The monoisotopic (exact) mass is 311 g/mol. The lowest BCUT2D eigenvalue weighted by Gasteiger charge is -2.34. The molecule has 1 aromatic carbocycles. The third-order valence-electron chi connectivity index (χ3n) is 5.01. The Hall–Kier alpha value is -0.600. The summed E-state index contributed by atoms with van der Waals surface area (Å²) in [6, 6.07) is 5.28. The Kier molecular flexibility index (Phi) is 6.50. The van der Waals surface area contributed by atoms with Gasteiger partial charge in [0.2, 0.25) is 0 Å². The van der Waals surface area contributed by atoms with Crippen molar-refractivity contribution >= 4 is 11.6 Å². The van der Waals surface area contributed by atoms with Crippen molar-refractivity contribution in [2.45, 2.75) is 57.9 Å². The van der Waals surface area contributed by atoms with Crippen LogP contribution in [-0.2, 0) is 6.42 Å². The summed E-state index contributed by atoms with van der Waals surface area (Å²) in [6.45, 7) is 2.27. The van der Waals surface area contributed by atoms with Gasteiger partial charge in [-0.05, 0) is 50.3 Å². The highest BCUT2D eigenvalue weighted by Gasteiger charge is 2.27. The van der Waals surface area contributed by atoms with E-state index in [9.17, 15) is 4.39 Å². The molecule has 1 aliphatic rings.